The van der Waals surface area contributed by atoms with Crippen molar-refractivity contribution < 1.29 is 5.11 Å². The highest BCUT2D eigenvalue weighted by atomic mass is 16.2. The van der Waals surface area contributed by atoms with Crippen LogP contribution in [0.15, 0.2) is 12.4 Å². The molecule has 0 aromatic rings. The third kappa shape index (κ3) is 3.15. The molecule has 0 aromatic carbocycles. The van der Waals surface area contributed by atoms with Crippen molar-refractivity contribution in [3.8, 4) is 12.3 Å². The average Bonchev–Trinajstić information content (AvgIpc) is 2.71. The first-order valence-electron chi connectivity index (χ1n) is 5.46. The molecular formula is C11H16N4O. The van der Waals surface area contributed by atoms with E-state index in [2.05, 4.69) is 6.07 Å². The summed E-state index contributed by atoms with van der Waals surface area (Å²) in [4.78, 5) is 3.20. The summed E-state index contributed by atoms with van der Waals surface area (Å²) < 4.78 is 0. The van der Waals surface area contributed by atoms with Crippen molar-refractivity contribution in [3.63, 3.8) is 0 Å². The molecule has 16 heavy (non-hydrogen) atoms. The van der Waals surface area contributed by atoms with Gasteiger partial charge in [0.15, 0.2) is 6.19 Å². The standard InChI is InChI=1S/C11H16N4O/c12-9-11-14(6-7-15(11)10-13)5-3-1-2-4-8-16/h6-7,11,16H,1-5,8H2. The number of aliphatic hydroxyl groups excluding tert-OH is 1. The van der Waals surface area contributed by atoms with Crippen molar-refractivity contribution in [1.29, 1.82) is 10.5 Å². The van der Waals surface area contributed by atoms with Gasteiger partial charge in [0.05, 0.1) is 0 Å². The fraction of sp³-hybridized carbons (Fsp3) is 0.636. The number of hydrogen-bond donors (Lipinski definition) is 1. The van der Waals surface area contributed by atoms with E-state index in [0.717, 1.165) is 32.2 Å². The number of unbranched alkanes of at least 4 members (excludes halogenated alkanes) is 3. The largest absolute Gasteiger partial charge is 0.396 e. The van der Waals surface area contributed by atoms with Gasteiger partial charge in [-0.1, -0.05) is 12.8 Å². The van der Waals surface area contributed by atoms with E-state index in [9.17, 15) is 0 Å². The predicted octanol–water partition coefficient (Wildman–Crippen LogP) is 0.959. The van der Waals surface area contributed by atoms with E-state index in [1.807, 2.05) is 11.1 Å². The highest BCUT2D eigenvalue weighted by molar-refractivity contribution is 5.10. The summed E-state index contributed by atoms with van der Waals surface area (Å²) in [6.45, 7) is 1.02. The van der Waals surface area contributed by atoms with Crippen LogP contribution in [-0.2, 0) is 0 Å². The Morgan fingerprint density at radius 1 is 1.12 bits per heavy atom. The van der Waals surface area contributed by atoms with E-state index >= 15 is 0 Å². The van der Waals surface area contributed by atoms with Crippen LogP contribution in [0.3, 0.4) is 0 Å². The molecule has 1 aliphatic heterocycles. The molecule has 1 heterocycles. The maximum atomic E-state index is 8.92. The summed E-state index contributed by atoms with van der Waals surface area (Å²) in [5.74, 6) is 0. The molecule has 5 nitrogen and oxygen atoms in total. The molecule has 0 saturated carbocycles. The molecule has 1 atom stereocenters. The molecule has 0 radical (unpaired) electrons. The molecule has 5 heteroatoms. The predicted molar refractivity (Wildman–Crippen MR) is 58.3 cm³/mol. The third-order valence-corrected chi connectivity index (χ3v) is 2.55. The van der Waals surface area contributed by atoms with Crippen LogP contribution < -0.4 is 0 Å². The first kappa shape index (κ1) is 12.4. The van der Waals surface area contributed by atoms with Crippen LogP contribution >= 0.6 is 0 Å². The zero-order valence-corrected chi connectivity index (χ0v) is 9.21. The molecule has 0 saturated heterocycles. The number of rotatable bonds is 6. The average molecular weight is 220 g/mol. The lowest BCUT2D eigenvalue weighted by atomic mass is 10.2. The van der Waals surface area contributed by atoms with Gasteiger partial charge in [0.1, 0.15) is 6.07 Å². The van der Waals surface area contributed by atoms with Crippen molar-refractivity contribution in [2.45, 2.75) is 31.8 Å². The fourth-order valence-electron chi connectivity index (χ4n) is 1.66. The summed E-state index contributed by atoms with van der Waals surface area (Å²) in [5.41, 5.74) is 0. The van der Waals surface area contributed by atoms with Gasteiger partial charge in [-0.25, -0.2) is 4.90 Å². The highest BCUT2D eigenvalue weighted by Gasteiger charge is 2.25. The van der Waals surface area contributed by atoms with Gasteiger partial charge in [0.2, 0.25) is 6.17 Å². The maximum Gasteiger partial charge on any atom is 0.204 e. The molecular weight excluding hydrogens is 204 g/mol. The third-order valence-electron chi connectivity index (χ3n) is 2.55. The molecule has 0 bridgehead atoms. The summed E-state index contributed by atoms with van der Waals surface area (Å²) in [7, 11) is 0. The molecule has 0 amide bonds. The Balaban J connectivity index is 2.26. The van der Waals surface area contributed by atoms with E-state index in [0.29, 0.717) is 0 Å². The van der Waals surface area contributed by atoms with Crippen LogP contribution in [0.25, 0.3) is 0 Å². The van der Waals surface area contributed by atoms with Gasteiger partial charge in [-0.15, -0.1) is 0 Å². The fourth-order valence-corrected chi connectivity index (χ4v) is 1.66. The zero-order chi connectivity index (χ0) is 11.8. The van der Waals surface area contributed by atoms with Crippen LogP contribution in [0.2, 0.25) is 0 Å². The molecule has 0 aliphatic carbocycles. The summed E-state index contributed by atoms with van der Waals surface area (Å²) in [6, 6.07) is 2.09. The minimum atomic E-state index is -0.483. The van der Waals surface area contributed by atoms with Gasteiger partial charge in [0, 0.05) is 25.6 Å². The van der Waals surface area contributed by atoms with E-state index in [1.165, 1.54) is 4.90 Å². The Bertz CT molecular complexity index is 315. The van der Waals surface area contributed by atoms with Gasteiger partial charge in [-0.2, -0.15) is 10.5 Å². The molecule has 0 fully saturated rings. The van der Waals surface area contributed by atoms with Gasteiger partial charge in [-0.05, 0) is 12.8 Å². The molecule has 1 rings (SSSR count). The second-order valence-corrected chi connectivity index (χ2v) is 3.68. The van der Waals surface area contributed by atoms with Crippen molar-refractivity contribution in [3.05, 3.63) is 12.4 Å². The quantitative estimate of drug-likeness (QED) is 0.533. The van der Waals surface area contributed by atoms with E-state index < -0.39 is 6.17 Å². The first-order chi connectivity index (χ1) is 7.83. The van der Waals surface area contributed by atoms with Gasteiger partial charge in [0.25, 0.3) is 0 Å². The second kappa shape index (κ2) is 6.71. The van der Waals surface area contributed by atoms with E-state index in [1.54, 1.807) is 12.4 Å². The topological polar surface area (TPSA) is 74.3 Å². The van der Waals surface area contributed by atoms with Crippen molar-refractivity contribution >= 4 is 0 Å². The number of aliphatic hydroxyl groups is 1. The minimum Gasteiger partial charge on any atom is -0.396 e. The van der Waals surface area contributed by atoms with Gasteiger partial charge >= 0.3 is 0 Å². The van der Waals surface area contributed by atoms with Crippen molar-refractivity contribution in [1.82, 2.24) is 9.80 Å². The Labute approximate surface area is 95.8 Å². The van der Waals surface area contributed by atoms with Crippen molar-refractivity contribution in [2.75, 3.05) is 13.2 Å². The van der Waals surface area contributed by atoms with Gasteiger partial charge < -0.3 is 10.0 Å². The molecule has 0 aromatic heterocycles. The number of nitriles is 2. The summed E-state index contributed by atoms with van der Waals surface area (Å²) >= 11 is 0. The van der Waals surface area contributed by atoms with Crippen LogP contribution in [0.5, 0.6) is 0 Å². The van der Waals surface area contributed by atoms with E-state index in [4.69, 9.17) is 15.6 Å². The van der Waals surface area contributed by atoms with Crippen LogP contribution in [0.4, 0.5) is 0 Å². The van der Waals surface area contributed by atoms with E-state index in [-0.39, 0.29) is 6.61 Å². The lowest BCUT2D eigenvalue weighted by molar-refractivity contribution is 0.245. The maximum absolute atomic E-state index is 8.92. The lowest BCUT2D eigenvalue weighted by Crippen LogP contribution is -2.35. The first-order valence-corrected chi connectivity index (χ1v) is 5.46. The van der Waals surface area contributed by atoms with Crippen LogP contribution in [-0.4, -0.2) is 34.2 Å². The Hall–Kier alpha value is -1.72. The highest BCUT2D eigenvalue weighted by Crippen LogP contribution is 2.15. The monoisotopic (exact) mass is 220 g/mol. The van der Waals surface area contributed by atoms with Crippen molar-refractivity contribution in [2.24, 2.45) is 0 Å². The minimum absolute atomic E-state index is 0.243. The number of nitrogens with zero attached hydrogens (tertiary/aromatic N) is 4. The number of hydrogen-bond acceptors (Lipinski definition) is 5. The molecule has 1 unspecified atom stereocenters. The lowest BCUT2D eigenvalue weighted by Gasteiger charge is -2.22. The smallest absolute Gasteiger partial charge is 0.204 e. The summed E-state index contributed by atoms with van der Waals surface area (Å²) in [5, 5.41) is 26.3. The molecule has 1 aliphatic rings. The Kier molecular flexibility index (Phi) is 5.18. The molecule has 86 valence electrons. The zero-order valence-electron chi connectivity index (χ0n) is 9.21. The summed E-state index contributed by atoms with van der Waals surface area (Å²) in [6.07, 6.45) is 8.73. The van der Waals surface area contributed by atoms with Gasteiger partial charge in [-0.3, -0.25) is 0 Å². The molecule has 1 N–H and O–H groups in total. The Morgan fingerprint density at radius 2 is 1.88 bits per heavy atom. The van der Waals surface area contributed by atoms with Crippen LogP contribution in [0, 0.1) is 22.8 Å². The second-order valence-electron chi connectivity index (χ2n) is 3.68. The molecule has 0 spiro atoms. The SMILES string of the molecule is N#CC1N(C#N)C=CN1CCCCCCO. The normalized spacial score (nSPS) is 18.6. The Morgan fingerprint density at radius 3 is 2.50 bits per heavy atom. The van der Waals surface area contributed by atoms with Crippen LogP contribution in [0.1, 0.15) is 25.7 Å².